The Hall–Kier alpha value is -1.24. The Morgan fingerprint density at radius 3 is 2.89 bits per heavy atom. The average molecular weight is 287 g/mol. The molecular weight excluding hydrogens is 276 g/mol. The lowest BCUT2D eigenvalue weighted by Gasteiger charge is -2.11. The quantitative estimate of drug-likeness (QED) is 0.787. The summed E-state index contributed by atoms with van der Waals surface area (Å²) in [5.41, 5.74) is 0.406. The number of halogens is 1. The van der Waals surface area contributed by atoms with Crippen molar-refractivity contribution in [2.24, 2.45) is 0 Å². The number of hydrogen-bond acceptors (Lipinski definition) is 4. The SMILES string of the molecule is O=C(O)c1cc(NC(=O)C2CSCN2)ccc1Cl. The molecule has 5 nitrogen and oxygen atoms in total. The van der Waals surface area contributed by atoms with Crippen LogP contribution in [0.4, 0.5) is 5.69 Å². The van der Waals surface area contributed by atoms with Gasteiger partial charge in [0.1, 0.15) is 0 Å². The van der Waals surface area contributed by atoms with Crippen LogP contribution in [0.15, 0.2) is 18.2 Å². The molecule has 0 bridgehead atoms. The van der Waals surface area contributed by atoms with Crippen LogP contribution >= 0.6 is 23.4 Å². The standard InChI is InChI=1S/C11H11ClN2O3S/c12-8-2-1-6(3-7(8)11(16)17)14-10(15)9-4-18-5-13-9/h1-3,9,13H,4-5H2,(H,14,15)(H,16,17). The van der Waals surface area contributed by atoms with Gasteiger partial charge in [0.25, 0.3) is 0 Å². The van der Waals surface area contributed by atoms with E-state index in [2.05, 4.69) is 10.6 Å². The topological polar surface area (TPSA) is 78.4 Å². The lowest BCUT2D eigenvalue weighted by atomic mass is 10.2. The summed E-state index contributed by atoms with van der Waals surface area (Å²) in [5.74, 6) is 0.175. The van der Waals surface area contributed by atoms with Crippen LogP contribution in [0, 0.1) is 0 Å². The average Bonchev–Trinajstić information content (AvgIpc) is 2.85. The van der Waals surface area contributed by atoms with Crippen LogP contribution < -0.4 is 10.6 Å². The number of carboxylic acids is 1. The molecule has 1 atom stereocenters. The molecule has 18 heavy (non-hydrogen) atoms. The van der Waals surface area contributed by atoms with E-state index < -0.39 is 5.97 Å². The summed E-state index contributed by atoms with van der Waals surface area (Å²) >= 11 is 7.39. The number of rotatable bonds is 3. The molecule has 1 heterocycles. The van der Waals surface area contributed by atoms with E-state index in [9.17, 15) is 9.59 Å². The van der Waals surface area contributed by atoms with Crippen molar-refractivity contribution in [3.05, 3.63) is 28.8 Å². The first-order valence-electron chi connectivity index (χ1n) is 5.23. The first-order chi connectivity index (χ1) is 8.58. The summed E-state index contributed by atoms with van der Waals surface area (Å²) in [5, 5.41) is 14.8. The molecule has 1 saturated heterocycles. The number of amides is 1. The molecule has 0 aliphatic carbocycles. The number of thioether (sulfide) groups is 1. The maximum absolute atomic E-state index is 11.8. The Balaban J connectivity index is 2.11. The Morgan fingerprint density at radius 2 is 2.28 bits per heavy atom. The lowest BCUT2D eigenvalue weighted by molar-refractivity contribution is -0.117. The largest absolute Gasteiger partial charge is 0.478 e. The van der Waals surface area contributed by atoms with E-state index in [-0.39, 0.29) is 22.5 Å². The maximum atomic E-state index is 11.8. The second-order valence-corrected chi connectivity index (χ2v) is 5.20. The lowest BCUT2D eigenvalue weighted by Crippen LogP contribution is -2.37. The van der Waals surface area contributed by atoms with Crippen molar-refractivity contribution in [2.75, 3.05) is 16.9 Å². The minimum atomic E-state index is -1.12. The van der Waals surface area contributed by atoms with Crippen LogP contribution in [0.25, 0.3) is 0 Å². The second-order valence-electron chi connectivity index (χ2n) is 3.76. The van der Waals surface area contributed by atoms with E-state index in [1.807, 2.05) is 0 Å². The van der Waals surface area contributed by atoms with Crippen LogP contribution in [0.2, 0.25) is 5.02 Å². The fraction of sp³-hybridized carbons (Fsp3) is 0.273. The Morgan fingerprint density at radius 1 is 1.50 bits per heavy atom. The first kappa shape index (κ1) is 13.2. The maximum Gasteiger partial charge on any atom is 0.337 e. The van der Waals surface area contributed by atoms with Crippen LogP contribution in [-0.2, 0) is 4.79 Å². The molecule has 1 aliphatic rings. The number of hydrogen-bond donors (Lipinski definition) is 3. The van der Waals surface area contributed by atoms with Gasteiger partial charge in [-0.3, -0.25) is 10.1 Å². The Labute approximate surface area is 113 Å². The highest BCUT2D eigenvalue weighted by atomic mass is 35.5. The minimum absolute atomic E-state index is 0.0248. The van der Waals surface area contributed by atoms with Gasteiger partial charge >= 0.3 is 5.97 Å². The van der Waals surface area contributed by atoms with Crippen LogP contribution in [0.3, 0.4) is 0 Å². The molecule has 0 radical (unpaired) electrons. The molecule has 1 fully saturated rings. The van der Waals surface area contributed by atoms with Crippen molar-refractivity contribution < 1.29 is 14.7 Å². The van der Waals surface area contributed by atoms with E-state index >= 15 is 0 Å². The number of carbonyl (C=O) groups is 2. The van der Waals surface area contributed by atoms with Gasteiger partial charge < -0.3 is 10.4 Å². The van der Waals surface area contributed by atoms with Crippen LogP contribution in [0.5, 0.6) is 0 Å². The summed E-state index contributed by atoms with van der Waals surface area (Å²) in [6, 6.07) is 4.15. The van der Waals surface area contributed by atoms with Crippen molar-refractivity contribution in [1.29, 1.82) is 0 Å². The molecule has 96 valence electrons. The Bertz CT molecular complexity index is 489. The summed E-state index contributed by atoms with van der Waals surface area (Å²) in [6.07, 6.45) is 0. The molecule has 1 aromatic carbocycles. The summed E-state index contributed by atoms with van der Waals surface area (Å²) in [6.45, 7) is 0. The fourth-order valence-corrected chi connectivity index (χ4v) is 2.70. The number of anilines is 1. The van der Waals surface area contributed by atoms with E-state index in [1.165, 1.54) is 12.1 Å². The van der Waals surface area contributed by atoms with Crippen LogP contribution in [-0.4, -0.2) is 34.7 Å². The van der Waals surface area contributed by atoms with E-state index in [1.54, 1.807) is 17.8 Å². The number of carbonyl (C=O) groups excluding carboxylic acids is 1. The van der Waals surface area contributed by atoms with Gasteiger partial charge in [-0.25, -0.2) is 4.79 Å². The highest BCUT2D eigenvalue weighted by Gasteiger charge is 2.22. The molecule has 1 unspecified atom stereocenters. The number of carboxylic acid groups (broad SMARTS) is 1. The van der Waals surface area contributed by atoms with Gasteiger partial charge in [0.2, 0.25) is 5.91 Å². The molecule has 1 aliphatic heterocycles. The summed E-state index contributed by atoms with van der Waals surface area (Å²) < 4.78 is 0. The third-order valence-corrected chi connectivity index (χ3v) is 3.77. The molecule has 2 rings (SSSR count). The third-order valence-electron chi connectivity index (χ3n) is 2.50. The van der Waals surface area contributed by atoms with Gasteiger partial charge in [0, 0.05) is 17.3 Å². The zero-order valence-corrected chi connectivity index (χ0v) is 10.8. The zero-order valence-electron chi connectivity index (χ0n) is 9.27. The smallest absolute Gasteiger partial charge is 0.337 e. The monoisotopic (exact) mass is 286 g/mol. The highest BCUT2D eigenvalue weighted by molar-refractivity contribution is 7.99. The van der Waals surface area contributed by atoms with Crippen molar-refractivity contribution in [1.82, 2.24) is 5.32 Å². The third kappa shape index (κ3) is 2.95. The predicted molar refractivity (Wildman–Crippen MR) is 71.3 cm³/mol. The van der Waals surface area contributed by atoms with Crippen molar-refractivity contribution in [2.45, 2.75) is 6.04 Å². The summed E-state index contributed by atoms with van der Waals surface area (Å²) in [7, 11) is 0. The van der Waals surface area contributed by atoms with Gasteiger partial charge in [-0.05, 0) is 18.2 Å². The fourth-order valence-electron chi connectivity index (χ4n) is 1.56. The second kappa shape index (κ2) is 5.60. The zero-order chi connectivity index (χ0) is 13.1. The minimum Gasteiger partial charge on any atom is -0.478 e. The van der Waals surface area contributed by atoms with Gasteiger partial charge in [0.15, 0.2) is 0 Å². The molecule has 3 N–H and O–H groups in total. The molecule has 0 spiro atoms. The number of benzene rings is 1. The van der Waals surface area contributed by atoms with E-state index in [0.29, 0.717) is 11.4 Å². The van der Waals surface area contributed by atoms with Gasteiger partial charge in [0.05, 0.1) is 16.6 Å². The van der Waals surface area contributed by atoms with Crippen molar-refractivity contribution in [3.63, 3.8) is 0 Å². The van der Waals surface area contributed by atoms with Gasteiger partial charge in [-0.15, -0.1) is 11.8 Å². The molecular formula is C11H11ClN2O3S. The van der Waals surface area contributed by atoms with Crippen molar-refractivity contribution >= 4 is 40.9 Å². The predicted octanol–water partition coefficient (Wildman–Crippen LogP) is 1.64. The summed E-state index contributed by atoms with van der Waals surface area (Å²) in [4.78, 5) is 22.7. The van der Waals surface area contributed by atoms with Gasteiger partial charge in [-0.2, -0.15) is 0 Å². The molecule has 0 saturated carbocycles. The Kier molecular flexibility index (Phi) is 4.11. The molecule has 1 amide bonds. The first-order valence-corrected chi connectivity index (χ1v) is 6.76. The molecule has 7 heteroatoms. The van der Waals surface area contributed by atoms with Gasteiger partial charge in [-0.1, -0.05) is 11.6 Å². The molecule has 0 aromatic heterocycles. The molecule has 1 aromatic rings. The van der Waals surface area contributed by atoms with E-state index in [0.717, 1.165) is 5.88 Å². The van der Waals surface area contributed by atoms with Crippen molar-refractivity contribution in [3.8, 4) is 0 Å². The normalized spacial score (nSPS) is 18.6. The number of nitrogens with one attached hydrogen (secondary N) is 2. The van der Waals surface area contributed by atoms with E-state index in [4.69, 9.17) is 16.7 Å². The van der Waals surface area contributed by atoms with Crippen LogP contribution in [0.1, 0.15) is 10.4 Å². The highest BCUT2D eigenvalue weighted by Crippen LogP contribution is 2.21. The number of aromatic carboxylic acids is 1.